The molecule has 0 bridgehead atoms. The van der Waals surface area contributed by atoms with Crippen LogP contribution in [0.15, 0.2) is 58.6 Å². The number of benzene rings is 1. The van der Waals surface area contributed by atoms with E-state index in [2.05, 4.69) is 21.5 Å². The second kappa shape index (κ2) is 5.98. The van der Waals surface area contributed by atoms with E-state index in [4.69, 9.17) is 14.6 Å². The number of oxime groups is 1. The summed E-state index contributed by atoms with van der Waals surface area (Å²) in [6, 6.07) is 9.80. The van der Waals surface area contributed by atoms with Gasteiger partial charge in [-0.2, -0.15) is 0 Å². The molecule has 5 rings (SSSR count). The number of nitrogens with zero attached hydrogens (tertiary/aromatic N) is 4. The maximum absolute atomic E-state index is 9.12. The molecule has 1 aliphatic rings. The zero-order valence-corrected chi connectivity index (χ0v) is 14.7. The summed E-state index contributed by atoms with van der Waals surface area (Å²) >= 11 is 0. The van der Waals surface area contributed by atoms with Crippen LogP contribution in [0.4, 0.5) is 11.5 Å². The molecule has 7 nitrogen and oxygen atoms in total. The molecule has 134 valence electrons. The van der Waals surface area contributed by atoms with Crippen LogP contribution < -0.4 is 5.32 Å². The summed E-state index contributed by atoms with van der Waals surface area (Å²) in [5.41, 5.74) is 6.21. The second-order valence-corrected chi connectivity index (χ2v) is 6.54. The van der Waals surface area contributed by atoms with Crippen LogP contribution in [0, 0.1) is 6.92 Å². The Morgan fingerprint density at radius 2 is 2.19 bits per heavy atom. The highest BCUT2D eigenvalue weighted by Crippen LogP contribution is 2.33. The van der Waals surface area contributed by atoms with Gasteiger partial charge in [0.1, 0.15) is 11.5 Å². The number of aryl methyl sites for hydroxylation is 2. The fourth-order valence-electron chi connectivity index (χ4n) is 3.60. The molecule has 0 aliphatic heterocycles. The number of imidazole rings is 1. The van der Waals surface area contributed by atoms with Crippen molar-refractivity contribution in [3.63, 3.8) is 0 Å². The van der Waals surface area contributed by atoms with Gasteiger partial charge in [-0.3, -0.25) is 9.38 Å². The lowest BCUT2D eigenvalue weighted by Gasteiger charge is -2.10. The Hall–Kier alpha value is -3.61. The smallest absolute Gasteiger partial charge is 0.160 e. The third kappa shape index (κ3) is 2.47. The van der Waals surface area contributed by atoms with Crippen LogP contribution in [0.25, 0.3) is 17.1 Å². The molecule has 4 aromatic rings. The molecule has 27 heavy (non-hydrogen) atoms. The molecule has 7 heteroatoms. The molecule has 1 aliphatic carbocycles. The van der Waals surface area contributed by atoms with Crippen LogP contribution in [-0.4, -0.2) is 25.3 Å². The number of furan rings is 1. The monoisotopic (exact) mass is 359 g/mol. The number of hydrogen-bond donors (Lipinski definition) is 2. The Morgan fingerprint density at radius 1 is 1.26 bits per heavy atom. The van der Waals surface area contributed by atoms with E-state index in [0.29, 0.717) is 5.76 Å². The Kier molecular flexibility index (Phi) is 3.46. The minimum atomic E-state index is 0.691. The molecular weight excluding hydrogens is 342 g/mol. The Morgan fingerprint density at radius 3 is 3.00 bits per heavy atom. The van der Waals surface area contributed by atoms with E-state index >= 15 is 0 Å². The van der Waals surface area contributed by atoms with Gasteiger partial charge in [0, 0.05) is 23.6 Å². The van der Waals surface area contributed by atoms with Crippen molar-refractivity contribution in [2.45, 2.75) is 19.8 Å². The average molecular weight is 359 g/mol. The molecule has 0 spiro atoms. The molecule has 0 saturated heterocycles. The number of aromatic nitrogens is 3. The lowest BCUT2D eigenvalue weighted by Crippen LogP contribution is -1.99. The molecule has 2 N–H and O–H groups in total. The van der Waals surface area contributed by atoms with Crippen molar-refractivity contribution in [3.05, 3.63) is 65.8 Å². The summed E-state index contributed by atoms with van der Waals surface area (Å²) in [6.07, 6.45) is 6.90. The van der Waals surface area contributed by atoms with Crippen LogP contribution in [-0.2, 0) is 6.42 Å². The number of nitrogens with one attached hydrogen (secondary N) is 1. The van der Waals surface area contributed by atoms with Crippen molar-refractivity contribution in [1.29, 1.82) is 0 Å². The predicted octanol–water partition coefficient (Wildman–Crippen LogP) is 4.17. The van der Waals surface area contributed by atoms with E-state index in [1.54, 1.807) is 12.5 Å². The lowest BCUT2D eigenvalue weighted by molar-refractivity contribution is 0.318. The molecule has 3 heterocycles. The van der Waals surface area contributed by atoms with Gasteiger partial charge in [0.05, 0.1) is 17.7 Å². The Balaban J connectivity index is 1.63. The zero-order chi connectivity index (χ0) is 18.4. The van der Waals surface area contributed by atoms with Crippen LogP contribution in [0.3, 0.4) is 0 Å². The summed E-state index contributed by atoms with van der Waals surface area (Å²) in [6.45, 7) is 1.93. The minimum absolute atomic E-state index is 0.691. The SMILES string of the molecule is Cc1nccn2c(Nc3ccc4c(c3)CC/C4=N\O)c(-c3ccco3)nc12. The summed E-state index contributed by atoms with van der Waals surface area (Å²) in [4.78, 5) is 9.08. The van der Waals surface area contributed by atoms with Gasteiger partial charge >= 0.3 is 0 Å². The van der Waals surface area contributed by atoms with E-state index in [0.717, 1.165) is 52.7 Å². The quantitative estimate of drug-likeness (QED) is 0.423. The number of hydrogen-bond acceptors (Lipinski definition) is 6. The van der Waals surface area contributed by atoms with Gasteiger partial charge in [-0.1, -0.05) is 11.2 Å². The minimum Gasteiger partial charge on any atom is -0.463 e. The third-order valence-electron chi connectivity index (χ3n) is 4.90. The third-order valence-corrected chi connectivity index (χ3v) is 4.90. The van der Waals surface area contributed by atoms with E-state index < -0.39 is 0 Å². The zero-order valence-electron chi connectivity index (χ0n) is 14.7. The largest absolute Gasteiger partial charge is 0.463 e. The van der Waals surface area contributed by atoms with Crippen molar-refractivity contribution < 1.29 is 9.62 Å². The van der Waals surface area contributed by atoms with Gasteiger partial charge in [0.2, 0.25) is 0 Å². The van der Waals surface area contributed by atoms with E-state index in [-0.39, 0.29) is 0 Å². The summed E-state index contributed by atoms with van der Waals surface area (Å²) < 4.78 is 7.57. The maximum atomic E-state index is 9.12. The molecule has 0 fully saturated rings. The van der Waals surface area contributed by atoms with Gasteiger partial charge in [0.25, 0.3) is 0 Å². The topological polar surface area (TPSA) is 88.0 Å². The van der Waals surface area contributed by atoms with Gasteiger partial charge < -0.3 is 14.9 Å². The Labute approximate surface area is 155 Å². The van der Waals surface area contributed by atoms with Gasteiger partial charge in [-0.25, -0.2) is 4.98 Å². The van der Waals surface area contributed by atoms with Gasteiger partial charge in [-0.15, -0.1) is 0 Å². The van der Waals surface area contributed by atoms with E-state index in [9.17, 15) is 0 Å². The van der Waals surface area contributed by atoms with Crippen molar-refractivity contribution in [1.82, 2.24) is 14.4 Å². The fourth-order valence-corrected chi connectivity index (χ4v) is 3.60. The molecule has 0 atom stereocenters. The van der Waals surface area contributed by atoms with Gasteiger partial charge in [0.15, 0.2) is 11.4 Å². The first-order chi connectivity index (χ1) is 13.2. The molecular formula is C20H17N5O2. The van der Waals surface area contributed by atoms with Crippen molar-refractivity contribution in [2.75, 3.05) is 5.32 Å². The fraction of sp³-hybridized carbons (Fsp3) is 0.150. The molecule has 0 radical (unpaired) electrons. The molecule has 0 saturated carbocycles. The highest BCUT2D eigenvalue weighted by atomic mass is 16.4. The molecule has 3 aromatic heterocycles. The number of rotatable bonds is 3. The van der Waals surface area contributed by atoms with Gasteiger partial charge in [-0.05, 0) is 49.6 Å². The highest BCUT2D eigenvalue weighted by Gasteiger charge is 2.21. The van der Waals surface area contributed by atoms with Crippen molar-refractivity contribution >= 4 is 22.9 Å². The van der Waals surface area contributed by atoms with Crippen LogP contribution >= 0.6 is 0 Å². The van der Waals surface area contributed by atoms with Crippen LogP contribution in [0.2, 0.25) is 0 Å². The lowest BCUT2D eigenvalue weighted by atomic mass is 10.1. The molecule has 1 aromatic carbocycles. The predicted molar refractivity (Wildman–Crippen MR) is 102 cm³/mol. The summed E-state index contributed by atoms with van der Waals surface area (Å²) in [5.74, 6) is 1.51. The first kappa shape index (κ1) is 15.6. The van der Waals surface area contributed by atoms with Crippen LogP contribution in [0.1, 0.15) is 23.2 Å². The molecule has 0 unspecified atom stereocenters. The maximum Gasteiger partial charge on any atom is 0.160 e. The number of fused-ring (bicyclic) bond motifs is 2. The summed E-state index contributed by atoms with van der Waals surface area (Å²) in [5, 5.41) is 16.0. The Bertz CT molecular complexity index is 1170. The normalized spacial score (nSPS) is 14.8. The summed E-state index contributed by atoms with van der Waals surface area (Å²) in [7, 11) is 0. The molecule has 0 amide bonds. The van der Waals surface area contributed by atoms with Crippen LogP contribution in [0.5, 0.6) is 0 Å². The number of anilines is 2. The first-order valence-electron chi connectivity index (χ1n) is 8.73. The van der Waals surface area contributed by atoms with Crippen molar-refractivity contribution in [2.24, 2.45) is 5.16 Å². The first-order valence-corrected chi connectivity index (χ1v) is 8.73. The van der Waals surface area contributed by atoms with E-state index in [1.165, 1.54) is 5.56 Å². The standard InChI is InChI=1S/C20H17N5O2/c1-12-19-23-18(17-3-2-10-27-17)20(25(19)9-8-21-12)22-14-5-6-15-13(11-14)4-7-16(15)24-26/h2-3,5-6,8-11,22,26H,4,7H2,1H3/b24-16+. The highest BCUT2D eigenvalue weighted by molar-refractivity contribution is 6.04. The van der Waals surface area contributed by atoms with E-state index in [1.807, 2.05) is 41.8 Å². The second-order valence-electron chi connectivity index (χ2n) is 6.54. The average Bonchev–Trinajstić information content (AvgIpc) is 3.40. The van der Waals surface area contributed by atoms with Crippen molar-refractivity contribution in [3.8, 4) is 11.5 Å².